The minimum absolute atomic E-state index is 0.225. The summed E-state index contributed by atoms with van der Waals surface area (Å²) in [5, 5.41) is 3.65. The molecule has 0 saturated heterocycles. The lowest BCUT2D eigenvalue weighted by molar-refractivity contribution is 0.101. The van der Waals surface area contributed by atoms with E-state index in [1.54, 1.807) is 23.9 Å². The van der Waals surface area contributed by atoms with Gasteiger partial charge in [-0.05, 0) is 54.3 Å². The molecule has 0 spiro atoms. The number of nitrogens with one attached hydrogen (secondary N) is 1. The smallest absolute Gasteiger partial charge is 0.272 e. The van der Waals surface area contributed by atoms with Crippen LogP contribution < -0.4 is 10.2 Å². The van der Waals surface area contributed by atoms with Crippen LogP contribution in [0.4, 0.5) is 11.4 Å². The van der Waals surface area contributed by atoms with Gasteiger partial charge in [0.1, 0.15) is 29.1 Å². The molecule has 1 amide bonds. The van der Waals surface area contributed by atoms with E-state index in [4.69, 9.17) is 0 Å². The van der Waals surface area contributed by atoms with E-state index >= 15 is 0 Å². The van der Waals surface area contributed by atoms with Crippen molar-refractivity contribution in [1.82, 2.24) is 19.5 Å². The van der Waals surface area contributed by atoms with Gasteiger partial charge in [-0.3, -0.25) is 4.79 Å². The standard InChI is InChI=1S/C23H20N6O/c1-28(2)18-10-7-17(8-11-18)27-23(30)21-14-19-20(25-15-26-22(19)29(21)3)12-9-16-6-4-5-13-24-16/h4-8,10-11,13-15H,1-3H3,(H,27,30). The van der Waals surface area contributed by atoms with Crippen LogP contribution >= 0.6 is 0 Å². The fraction of sp³-hybridized carbons (Fsp3) is 0.130. The first kappa shape index (κ1) is 19.2. The quantitative estimate of drug-likeness (QED) is 0.539. The number of fused-ring (bicyclic) bond motifs is 1. The van der Waals surface area contributed by atoms with Gasteiger partial charge in [0.25, 0.3) is 5.91 Å². The third-order valence-corrected chi connectivity index (χ3v) is 4.67. The number of hydrogen-bond donors (Lipinski definition) is 1. The lowest BCUT2D eigenvalue weighted by Gasteiger charge is -2.13. The zero-order chi connectivity index (χ0) is 21.1. The van der Waals surface area contributed by atoms with Crippen LogP contribution in [0.3, 0.4) is 0 Å². The largest absolute Gasteiger partial charge is 0.378 e. The van der Waals surface area contributed by atoms with E-state index in [1.807, 2.05) is 61.5 Å². The molecule has 0 aliphatic carbocycles. The molecule has 7 heteroatoms. The van der Waals surface area contributed by atoms with Crippen molar-refractivity contribution < 1.29 is 4.79 Å². The van der Waals surface area contributed by atoms with Gasteiger partial charge in [0.05, 0.1) is 5.39 Å². The molecule has 0 fully saturated rings. The molecular formula is C23H20N6O. The van der Waals surface area contributed by atoms with E-state index in [0.717, 1.165) is 16.8 Å². The first-order valence-electron chi connectivity index (χ1n) is 9.35. The zero-order valence-corrected chi connectivity index (χ0v) is 16.9. The Labute approximate surface area is 174 Å². The Kier molecular flexibility index (Phi) is 5.14. The molecule has 4 aromatic rings. The second kappa shape index (κ2) is 8.05. The molecule has 0 atom stereocenters. The first-order chi connectivity index (χ1) is 14.5. The topological polar surface area (TPSA) is 75.9 Å². The van der Waals surface area contributed by atoms with Gasteiger partial charge in [0.15, 0.2) is 0 Å². The van der Waals surface area contributed by atoms with Crippen molar-refractivity contribution in [3.63, 3.8) is 0 Å². The Morgan fingerprint density at radius 2 is 1.83 bits per heavy atom. The average Bonchev–Trinajstić information content (AvgIpc) is 3.11. The third kappa shape index (κ3) is 3.84. The van der Waals surface area contributed by atoms with Crippen LogP contribution in [0.2, 0.25) is 0 Å². The van der Waals surface area contributed by atoms with Gasteiger partial charge in [-0.2, -0.15) is 0 Å². The number of amides is 1. The maximum Gasteiger partial charge on any atom is 0.272 e. The highest BCUT2D eigenvalue weighted by Gasteiger charge is 2.16. The maximum atomic E-state index is 12.9. The second-order valence-corrected chi connectivity index (χ2v) is 6.91. The molecule has 30 heavy (non-hydrogen) atoms. The molecule has 4 rings (SSSR count). The van der Waals surface area contributed by atoms with Crippen LogP contribution in [0.5, 0.6) is 0 Å². The average molecular weight is 396 g/mol. The SMILES string of the molecule is CN(C)c1ccc(NC(=O)c2cc3c(C#Cc4ccccn4)ncnc3n2C)cc1. The molecule has 0 aliphatic rings. The minimum Gasteiger partial charge on any atom is -0.378 e. The number of carbonyl (C=O) groups excluding carboxylic acids is 1. The Morgan fingerprint density at radius 1 is 1.03 bits per heavy atom. The van der Waals surface area contributed by atoms with Gasteiger partial charge in [-0.1, -0.05) is 6.07 Å². The summed E-state index contributed by atoms with van der Waals surface area (Å²) in [7, 11) is 5.74. The van der Waals surface area contributed by atoms with E-state index in [-0.39, 0.29) is 5.91 Å². The number of anilines is 2. The molecule has 1 N–H and O–H groups in total. The number of nitrogens with zero attached hydrogens (tertiary/aromatic N) is 5. The van der Waals surface area contributed by atoms with Crippen molar-refractivity contribution >= 4 is 28.3 Å². The summed E-state index contributed by atoms with van der Waals surface area (Å²) in [5.41, 5.74) is 4.10. The molecule has 0 aliphatic heterocycles. The second-order valence-electron chi connectivity index (χ2n) is 6.91. The molecule has 0 saturated carbocycles. The Morgan fingerprint density at radius 3 is 2.53 bits per heavy atom. The summed E-state index contributed by atoms with van der Waals surface area (Å²) in [5.74, 6) is 5.81. The van der Waals surface area contributed by atoms with Gasteiger partial charge in [0.2, 0.25) is 0 Å². The predicted molar refractivity (Wildman–Crippen MR) is 117 cm³/mol. The van der Waals surface area contributed by atoms with Crippen molar-refractivity contribution in [3.8, 4) is 11.8 Å². The van der Waals surface area contributed by atoms with E-state index in [2.05, 4.69) is 32.1 Å². The van der Waals surface area contributed by atoms with Crippen molar-refractivity contribution in [3.05, 3.63) is 78.1 Å². The number of carbonyl (C=O) groups is 1. The number of aromatic nitrogens is 4. The summed E-state index contributed by atoms with van der Waals surface area (Å²) in [4.78, 5) is 27.7. The molecule has 148 valence electrons. The molecule has 7 nitrogen and oxygen atoms in total. The number of hydrogen-bond acceptors (Lipinski definition) is 5. The van der Waals surface area contributed by atoms with Crippen LogP contribution in [0, 0.1) is 11.8 Å². The first-order valence-corrected chi connectivity index (χ1v) is 9.35. The highest BCUT2D eigenvalue weighted by atomic mass is 16.1. The molecule has 0 bridgehead atoms. The van der Waals surface area contributed by atoms with Crippen LogP contribution in [0.15, 0.2) is 61.1 Å². The number of pyridine rings is 1. The van der Waals surface area contributed by atoms with Crippen molar-refractivity contribution in [2.75, 3.05) is 24.3 Å². The van der Waals surface area contributed by atoms with Crippen molar-refractivity contribution in [1.29, 1.82) is 0 Å². The summed E-state index contributed by atoms with van der Waals surface area (Å²) >= 11 is 0. The highest BCUT2D eigenvalue weighted by molar-refractivity contribution is 6.06. The molecule has 3 heterocycles. The summed E-state index contributed by atoms with van der Waals surface area (Å²) in [6, 6.07) is 15.0. The maximum absolute atomic E-state index is 12.9. The fourth-order valence-electron chi connectivity index (χ4n) is 3.05. The lowest BCUT2D eigenvalue weighted by atomic mass is 10.2. The van der Waals surface area contributed by atoms with E-state index in [9.17, 15) is 4.79 Å². The highest BCUT2D eigenvalue weighted by Crippen LogP contribution is 2.21. The normalized spacial score (nSPS) is 10.4. The van der Waals surface area contributed by atoms with Crippen LogP contribution in [0.1, 0.15) is 21.9 Å². The van der Waals surface area contributed by atoms with Crippen molar-refractivity contribution in [2.24, 2.45) is 7.05 Å². The Bertz CT molecular complexity index is 1260. The van der Waals surface area contributed by atoms with Gasteiger partial charge < -0.3 is 14.8 Å². The zero-order valence-electron chi connectivity index (χ0n) is 16.9. The monoisotopic (exact) mass is 396 g/mol. The lowest BCUT2D eigenvalue weighted by Crippen LogP contribution is -2.16. The van der Waals surface area contributed by atoms with Crippen LogP contribution in [-0.4, -0.2) is 39.5 Å². The number of rotatable bonds is 3. The van der Waals surface area contributed by atoms with Crippen LogP contribution in [0.25, 0.3) is 11.0 Å². The van der Waals surface area contributed by atoms with E-state index in [1.165, 1.54) is 6.33 Å². The van der Waals surface area contributed by atoms with Crippen molar-refractivity contribution in [2.45, 2.75) is 0 Å². The molecular weight excluding hydrogens is 376 g/mol. The van der Waals surface area contributed by atoms with E-state index in [0.29, 0.717) is 22.7 Å². The van der Waals surface area contributed by atoms with Crippen LogP contribution in [-0.2, 0) is 7.05 Å². The summed E-state index contributed by atoms with van der Waals surface area (Å²) in [6.07, 6.45) is 3.14. The van der Waals surface area contributed by atoms with Gasteiger partial charge >= 0.3 is 0 Å². The molecule has 1 aromatic carbocycles. The summed E-state index contributed by atoms with van der Waals surface area (Å²) in [6.45, 7) is 0. The van der Waals surface area contributed by atoms with Gasteiger partial charge in [-0.25, -0.2) is 15.0 Å². The van der Waals surface area contributed by atoms with Gasteiger partial charge in [-0.15, -0.1) is 0 Å². The Hall–Kier alpha value is -4.18. The predicted octanol–water partition coefficient (Wildman–Crippen LogP) is 3.08. The third-order valence-electron chi connectivity index (χ3n) is 4.67. The number of benzene rings is 1. The van der Waals surface area contributed by atoms with Gasteiger partial charge in [0, 0.05) is 38.7 Å². The fourth-order valence-corrected chi connectivity index (χ4v) is 3.05. The van der Waals surface area contributed by atoms with E-state index < -0.39 is 0 Å². The Balaban J connectivity index is 1.64. The molecule has 0 radical (unpaired) electrons. The molecule has 3 aromatic heterocycles. The minimum atomic E-state index is -0.225. The number of aryl methyl sites for hydroxylation is 1. The summed E-state index contributed by atoms with van der Waals surface area (Å²) < 4.78 is 1.74. The molecule has 0 unspecified atom stereocenters.